The Kier molecular flexibility index (Phi) is 6.68. The molecule has 0 radical (unpaired) electrons. The van der Waals surface area contributed by atoms with Gasteiger partial charge in [0.2, 0.25) is 5.91 Å². The highest BCUT2D eigenvalue weighted by atomic mass is 16.5. The molecule has 0 aliphatic carbocycles. The van der Waals surface area contributed by atoms with Crippen LogP contribution in [0, 0.1) is 6.92 Å². The number of likely N-dealkylation sites (tertiary alicyclic amines) is 1. The third kappa shape index (κ3) is 4.74. The molecule has 2 aliphatic heterocycles. The Hall–Kier alpha value is -3.02. The van der Waals surface area contributed by atoms with E-state index in [2.05, 4.69) is 25.2 Å². The molecule has 2 aromatic rings. The van der Waals surface area contributed by atoms with Crippen LogP contribution in [0.15, 0.2) is 42.5 Å². The van der Waals surface area contributed by atoms with Gasteiger partial charge in [-0.3, -0.25) is 9.59 Å². The SMILES string of the molecule is Cc1cccc(C(C)C)c1NC(=O)CN1CC(C(=O)N2CCCCC2)Oc2ccccc21. The Morgan fingerprint density at radius 3 is 2.56 bits per heavy atom. The van der Waals surface area contributed by atoms with Gasteiger partial charge in [-0.05, 0) is 55.4 Å². The lowest BCUT2D eigenvalue weighted by atomic mass is 9.98. The van der Waals surface area contributed by atoms with Gasteiger partial charge < -0.3 is 19.9 Å². The lowest BCUT2D eigenvalue weighted by Crippen LogP contribution is -2.52. The van der Waals surface area contributed by atoms with E-state index in [9.17, 15) is 9.59 Å². The number of amides is 2. The van der Waals surface area contributed by atoms with Crippen molar-refractivity contribution in [2.75, 3.05) is 36.4 Å². The number of fused-ring (bicyclic) bond motifs is 1. The molecule has 2 heterocycles. The van der Waals surface area contributed by atoms with E-state index in [0.29, 0.717) is 18.2 Å². The maximum atomic E-state index is 13.1. The van der Waals surface area contributed by atoms with Crippen LogP contribution in [-0.4, -0.2) is 49.0 Å². The molecule has 1 fully saturated rings. The Morgan fingerprint density at radius 2 is 1.81 bits per heavy atom. The van der Waals surface area contributed by atoms with E-state index < -0.39 is 6.10 Å². The van der Waals surface area contributed by atoms with Gasteiger partial charge in [0.05, 0.1) is 18.8 Å². The number of hydrogen-bond acceptors (Lipinski definition) is 4. The molecule has 0 spiro atoms. The summed E-state index contributed by atoms with van der Waals surface area (Å²) in [5, 5.41) is 3.13. The summed E-state index contributed by atoms with van der Waals surface area (Å²) in [5.41, 5.74) is 3.90. The van der Waals surface area contributed by atoms with Gasteiger partial charge in [0, 0.05) is 18.8 Å². The van der Waals surface area contributed by atoms with Crippen molar-refractivity contribution in [1.29, 1.82) is 0 Å². The zero-order chi connectivity index (χ0) is 22.7. The molecule has 6 heteroatoms. The monoisotopic (exact) mass is 435 g/mol. The first-order valence-corrected chi connectivity index (χ1v) is 11.6. The number of rotatable bonds is 5. The molecule has 1 N–H and O–H groups in total. The number of carbonyl (C=O) groups excluding carboxylic acids is 2. The molecule has 1 saturated heterocycles. The third-order valence-corrected chi connectivity index (χ3v) is 6.33. The quantitative estimate of drug-likeness (QED) is 0.759. The smallest absolute Gasteiger partial charge is 0.265 e. The zero-order valence-corrected chi connectivity index (χ0v) is 19.3. The van der Waals surface area contributed by atoms with Gasteiger partial charge in [-0.1, -0.05) is 44.2 Å². The summed E-state index contributed by atoms with van der Waals surface area (Å²) in [7, 11) is 0. The van der Waals surface area contributed by atoms with Crippen LogP contribution in [0.3, 0.4) is 0 Å². The van der Waals surface area contributed by atoms with Gasteiger partial charge in [0.1, 0.15) is 5.75 Å². The predicted molar refractivity (Wildman–Crippen MR) is 127 cm³/mol. The second-order valence-corrected chi connectivity index (χ2v) is 9.08. The maximum Gasteiger partial charge on any atom is 0.265 e. The van der Waals surface area contributed by atoms with E-state index in [1.807, 2.05) is 53.1 Å². The van der Waals surface area contributed by atoms with E-state index in [4.69, 9.17) is 4.74 Å². The average Bonchev–Trinajstić information content (AvgIpc) is 2.80. The fraction of sp³-hybridized carbons (Fsp3) is 0.462. The van der Waals surface area contributed by atoms with Crippen molar-refractivity contribution >= 4 is 23.2 Å². The molecule has 4 rings (SSSR count). The Bertz CT molecular complexity index is 982. The topological polar surface area (TPSA) is 61.9 Å². The van der Waals surface area contributed by atoms with Crippen LogP contribution in [0.4, 0.5) is 11.4 Å². The van der Waals surface area contributed by atoms with Crippen LogP contribution in [0.5, 0.6) is 5.75 Å². The number of carbonyl (C=O) groups is 2. The van der Waals surface area contributed by atoms with Crippen LogP contribution in [0.25, 0.3) is 0 Å². The molecule has 0 bridgehead atoms. The molecule has 32 heavy (non-hydrogen) atoms. The first-order valence-electron chi connectivity index (χ1n) is 11.6. The Morgan fingerprint density at radius 1 is 1.06 bits per heavy atom. The molecule has 170 valence electrons. The molecule has 6 nitrogen and oxygen atoms in total. The van der Waals surface area contributed by atoms with Gasteiger partial charge in [-0.15, -0.1) is 0 Å². The minimum absolute atomic E-state index is 0.0191. The van der Waals surface area contributed by atoms with Crippen molar-refractivity contribution in [2.45, 2.75) is 52.1 Å². The van der Waals surface area contributed by atoms with Crippen LogP contribution in [0.2, 0.25) is 0 Å². The summed E-state index contributed by atoms with van der Waals surface area (Å²) in [6, 6.07) is 13.7. The van der Waals surface area contributed by atoms with E-state index in [1.54, 1.807) is 0 Å². The fourth-order valence-corrected chi connectivity index (χ4v) is 4.60. The minimum atomic E-state index is -0.597. The van der Waals surface area contributed by atoms with E-state index in [0.717, 1.165) is 48.4 Å². The van der Waals surface area contributed by atoms with E-state index in [-0.39, 0.29) is 18.4 Å². The number of piperidine rings is 1. The van der Waals surface area contributed by atoms with Crippen molar-refractivity contribution in [3.63, 3.8) is 0 Å². The van der Waals surface area contributed by atoms with Crippen LogP contribution >= 0.6 is 0 Å². The summed E-state index contributed by atoms with van der Waals surface area (Å²) >= 11 is 0. The largest absolute Gasteiger partial charge is 0.477 e. The number of aryl methyl sites for hydroxylation is 1. The number of nitrogens with zero attached hydrogens (tertiary/aromatic N) is 2. The molecular weight excluding hydrogens is 402 g/mol. The number of benzene rings is 2. The zero-order valence-electron chi connectivity index (χ0n) is 19.3. The Balaban J connectivity index is 1.52. The summed E-state index contributed by atoms with van der Waals surface area (Å²) in [6.07, 6.45) is 2.65. The van der Waals surface area contributed by atoms with Gasteiger partial charge in [-0.25, -0.2) is 0 Å². The standard InChI is InChI=1S/C26H33N3O3/c1-18(2)20-11-9-10-19(3)25(20)27-24(30)17-29-16-23(26(31)28-14-7-4-8-15-28)32-22-13-6-5-12-21(22)29/h5-6,9-13,18,23H,4,7-8,14-17H2,1-3H3,(H,27,30). The molecule has 2 aromatic carbocycles. The molecule has 2 aliphatic rings. The molecule has 0 saturated carbocycles. The molecule has 1 atom stereocenters. The van der Waals surface area contributed by atoms with Gasteiger partial charge in [-0.2, -0.15) is 0 Å². The van der Waals surface area contributed by atoms with Gasteiger partial charge in [0.15, 0.2) is 6.10 Å². The van der Waals surface area contributed by atoms with Crippen LogP contribution in [-0.2, 0) is 9.59 Å². The molecular formula is C26H33N3O3. The number of nitrogens with one attached hydrogen (secondary N) is 1. The van der Waals surface area contributed by atoms with E-state index >= 15 is 0 Å². The highest BCUT2D eigenvalue weighted by Gasteiger charge is 2.34. The fourth-order valence-electron chi connectivity index (χ4n) is 4.60. The van der Waals surface area contributed by atoms with Gasteiger partial charge >= 0.3 is 0 Å². The highest BCUT2D eigenvalue weighted by Crippen LogP contribution is 2.34. The molecule has 2 amide bonds. The number of para-hydroxylation sites is 3. The summed E-state index contributed by atoms with van der Waals surface area (Å²) in [4.78, 5) is 30.1. The van der Waals surface area contributed by atoms with Crippen molar-refractivity contribution in [1.82, 2.24) is 4.90 Å². The van der Waals surface area contributed by atoms with Crippen molar-refractivity contribution < 1.29 is 14.3 Å². The summed E-state index contributed by atoms with van der Waals surface area (Å²) in [6.45, 7) is 8.36. The average molecular weight is 436 g/mol. The molecule has 1 unspecified atom stereocenters. The second kappa shape index (κ2) is 9.63. The van der Waals surface area contributed by atoms with Crippen molar-refractivity contribution in [3.05, 3.63) is 53.6 Å². The summed E-state index contributed by atoms with van der Waals surface area (Å²) in [5.74, 6) is 0.884. The number of ether oxygens (including phenoxy) is 1. The second-order valence-electron chi connectivity index (χ2n) is 9.08. The summed E-state index contributed by atoms with van der Waals surface area (Å²) < 4.78 is 6.08. The lowest BCUT2D eigenvalue weighted by molar-refractivity contribution is -0.139. The maximum absolute atomic E-state index is 13.1. The first-order chi connectivity index (χ1) is 15.4. The van der Waals surface area contributed by atoms with Crippen LogP contribution in [0.1, 0.15) is 50.2 Å². The lowest BCUT2D eigenvalue weighted by Gasteiger charge is -2.38. The molecule has 0 aromatic heterocycles. The first kappa shape index (κ1) is 22.2. The third-order valence-electron chi connectivity index (χ3n) is 6.33. The van der Waals surface area contributed by atoms with Crippen molar-refractivity contribution in [3.8, 4) is 5.75 Å². The van der Waals surface area contributed by atoms with E-state index in [1.165, 1.54) is 6.42 Å². The highest BCUT2D eigenvalue weighted by molar-refractivity contribution is 5.96. The number of hydrogen-bond donors (Lipinski definition) is 1. The number of anilines is 2. The predicted octanol–water partition coefficient (Wildman–Crippen LogP) is 4.34. The van der Waals surface area contributed by atoms with Gasteiger partial charge in [0.25, 0.3) is 5.91 Å². The Labute approximate surface area is 190 Å². The van der Waals surface area contributed by atoms with Crippen LogP contribution < -0.4 is 15.0 Å². The normalized spacial score (nSPS) is 18.2. The van der Waals surface area contributed by atoms with Crippen molar-refractivity contribution in [2.24, 2.45) is 0 Å². The minimum Gasteiger partial charge on any atom is -0.477 e.